The van der Waals surface area contributed by atoms with Crippen LogP contribution in [0.2, 0.25) is 0 Å². The Balaban J connectivity index is 1.86. The van der Waals surface area contributed by atoms with Crippen LogP contribution in [0.1, 0.15) is 36.7 Å². The van der Waals surface area contributed by atoms with Crippen LogP contribution in [-0.4, -0.2) is 22.8 Å². The van der Waals surface area contributed by atoms with E-state index in [1.807, 2.05) is 30.3 Å². The summed E-state index contributed by atoms with van der Waals surface area (Å²) in [7, 11) is 1.47. The van der Waals surface area contributed by atoms with Crippen LogP contribution >= 0.6 is 0 Å². The topological polar surface area (TPSA) is 70.4 Å². The minimum absolute atomic E-state index is 0.0225. The van der Waals surface area contributed by atoms with Gasteiger partial charge < -0.3 is 9.57 Å². The fourth-order valence-corrected chi connectivity index (χ4v) is 3.45. The van der Waals surface area contributed by atoms with E-state index in [4.69, 9.17) is 9.57 Å². The standard InChI is InChI=1S/C26H24N2O4/c1-26(2,3)18-15-13-17(14-16-18)23-27-21-11-7-5-9-19(21)24(29)28(23)32-25(30)20-10-6-8-12-22(20)31-4/h5-16H,1-4H3. The van der Waals surface area contributed by atoms with Crippen molar-refractivity contribution in [1.82, 2.24) is 9.71 Å². The molecule has 3 aromatic carbocycles. The van der Waals surface area contributed by atoms with Crippen LogP contribution in [0, 0.1) is 0 Å². The van der Waals surface area contributed by atoms with E-state index in [0.717, 1.165) is 10.3 Å². The van der Waals surface area contributed by atoms with Crippen LogP contribution in [0.15, 0.2) is 77.6 Å². The summed E-state index contributed by atoms with van der Waals surface area (Å²) in [6, 6.07) is 21.4. The van der Waals surface area contributed by atoms with Gasteiger partial charge in [0.2, 0.25) is 0 Å². The Morgan fingerprint density at radius 2 is 1.56 bits per heavy atom. The molecular weight excluding hydrogens is 404 g/mol. The van der Waals surface area contributed by atoms with Crippen molar-refractivity contribution in [2.45, 2.75) is 26.2 Å². The van der Waals surface area contributed by atoms with Gasteiger partial charge in [0.1, 0.15) is 11.3 Å². The molecule has 0 spiro atoms. The summed E-state index contributed by atoms with van der Waals surface area (Å²) in [5.41, 5.74) is 2.05. The zero-order valence-electron chi connectivity index (χ0n) is 18.5. The molecular formula is C26H24N2O4. The second-order valence-electron chi connectivity index (χ2n) is 8.46. The molecule has 162 valence electrons. The Kier molecular flexibility index (Phi) is 5.53. The molecule has 32 heavy (non-hydrogen) atoms. The van der Waals surface area contributed by atoms with E-state index in [-0.39, 0.29) is 16.8 Å². The maximum atomic E-state index is 13.3. The minimum Gasteiger partial charge on any atom is -0.496 e. The van der Waals surface area contributed by atoms with Crippen LogP contribution in [0.25, 0.3) is 22.3 Å². The minimum atomic E-state index is -0.714. The molecule has 0 aliphatic carbocycles. The maximum Gasteiger partial charge on any atom is 0.367 e. The number of hydrogen-bond donors (Lipinski definition) is 0. The average Bonchev–Trinajstić information content (AvgIpc) is 2.80. The molecule has 0 bridgehead atoms. The van der Waals surface area contributed by atoms with Gasteiger partial charge in [-0.1, -0.05) is 69.3 Å². The first-order valence-corrected chi connectivity index (χ1v) is 10.3. The summed E-state index contributed by atoms with van der Waals surface area (Å²) in [5, 5.41) is 0.357. The largest absolute Gasteiger partial charge is 0.496 e. The highest BCUT2D eigenvalue weighted by atomic mass is 16.7. The zero-order chi connectivity index (χ0) is 22.9. The zero-order valence-corrected chi connectivity index (χ0v) is 18.5. The van der Waals surface area contributed by atoms with Gasteiger partial charge in [0.05, 0.1) is 18.0 Å². The van der Waals surface area contributed by atoms with E-state index < -0.39 is 11.5 Å². The molecule has 0 unspecified atom stereocenters. The van der Waals surface area contributed by atoms with Crippen molar-refractivity contribution in [3.63, 3.8) is 0 Å². The number of para-hydroxylation sites is 2. The molecule has 0 aliphatic rings. The van der Waals surface area contributed by atoms with Gasteiger partial charge in [0.25, 0.3) is 5.56 Å². The fourth-order valence-electron chi connectivity index (χ4n) is 3.45. The van der Waals surface area contributed by atoms with Crippen LogP contribution in [0.4, 0.5) is 0 Å². The molecule has 1 aromatic heterocycles. The molecule has 6 heteroatoms. The van der Waals surface area contributed by atoms with Crippen LogP contribution < -0.4 is 15.1 Å². The molecule has 0 N–H and O–H groups in total. The summed E-state index contributed by atoms with van der Waals surface area (Å²) in [6.07, 6.45) is 0. The lowest BCUT2D eigenvalue weighted by Gasteiger charge is -2.19. The quantitative estimate of drug-likeness (QED) is 0.474. The van der Waals surface area contributed by atoms with Crippen molar-refractivity contribution in [1.29, 1.82) is 0 Å². The highest BCUT2D eigenvalue weighted by molar-refractivity contribution is 5.93. The van der Waals surface area contributed by atoms with Gasteiger partial charge in [-0.15, -0.1) is 4.73 Å². The molecule has 0 aliphatic heterocycles. The first-order chi connectivity index (χ1) is 15.3. The van der Waals surface area contributed by atoms with Crippen molar-refractivity contribution < 1.29 is 14.4 Å². The van der Waals surface area contributed by atoms with E-state index in [1.165, 1.54) is 7.11 Å². The predicted octanol–water partition coefficient (Wildman–Crippen LogP) is 4.64. The van der Waals surface area contributed by atoms with Gasteiger partial charge in [0.15, 0.2) is 5.82 Å². The molecule has 0 amide bonds. The highest BCUT2D eigenvalue weighted by Crippen LogP contribution is 2.26. The smallest absolute Gasteiger partial charge is 0.367 e. The van der Waals surface area contributed by atoms with E-state index in [1.54, 1.807) is 42.5 Å². The van der Waals surface area contributed by atoms with Crippen molar-refractivity contribution >= 4 is 16.9 Å². The summed E-state index contributed by atoms with van der Waals surface area (Å²) < 4.78 is 6.22. The van der Waals surface area contributed by atoms with Crippen molar-refractivity contribution in [3.8, 4) is 17.1 Å². The van der Waals surface area contributed by atoms with Crippen LogP contribution in [-0.2, 0) is 5.41 Å². The molecule has 4 rings (SSSR count). The maximum absolute atomic E-state index is 13.3. The lowest BCUT2D eigenvalue weighted by molar-refractivity contribution is 0.0446. The molecule has 4 aromatic rings. The molecule has 0 saturated carbocycles. The first-order valence-electron chi connectivity index (χ1n) is 10.3. The summed E-state index contributed by atoms with van der Waals surface area (Å²) >= 11 is 0. The Labute approximate surface area is 186 Å². The van der Waals surface area contributed by atoms with Crippen LogP contribution in [0.3, 0.4) is 0 Å². The number of aromatic nitrogens is 2. The number of methoxy groups -OCH3 is 1. The Morgan fingerprint density at radius 1 is 0.906 bits per heavy atom. The molecule has 0 radical (unpaired) electrons. The lowest BCUT2D eigenvalue weighted by Crippen LogP contribution is -2.33. The van der Waals surface area contributed by atoms with E-state index in [9.17, 15) is 9.59 Å². The number of fused-ring (bicyclic) bond motifs is 1. The monoisotopic (exact) mass is 428 g/mol. The number of carbonyl (C=O) groups excluding carboxylic acids is 1. The average molecular weight is 428 g/mol. The number of rotatable bonds is 4. The third-order valence-electron chi connectivity index (χ3n) is 5.25. The molecule has 0 atom stereocenters. The summed E-state index contributed by atoms with van der Waals surface area (Å²) in [5.74, 6) is -0.109. The molecule has 6 nitrogen and oxygen atoms in total. The number of ether oxygens (including phenoxy) is 1. The van der Waals surface area contributed by atoms with E-state index in [2.05, 4.69) is 25.8 Å². The van der Waals surface area contributed by atoms with Crippen molar-refractivity contribution in [2.75, 3.05) is 7.11 Å². The second-order valence-corrected chi connectivity index (χ2v) is 8.46. The van der Waals surface area contributed by atoms with Gasteiger partial charge in [-0.2, -0.15) is 0 Å². The van der Waals surface area contributed by atoms with Gasteiger partial charge in [0, 0.05) is 5.56 Å². The second kappa shape index (κ2) is 8.30. The molecule has 0 saturated heterocycles. The Hall–Kier alpha value is -3.93. The molecule has 1 heterocycles. The van der Waals surface area contributed by atoms with Gasteiger partial charge in [-0.3, -0.25) is 4.79 Å². The van der Waals surface area contributed by atoms with E-state index in [0.29, 0.717) is 22.2 Å². The summed E-state index contributed by atoms with van der Waals surface area (Å²) in [4.78, 5) is 36.5. The lowest BCUT2D eigenvalue weighted by atomic mass is 9.86. The van der Waals surface area contributed by atoms with Gasteiger partial charge in [-0.05, 0) is 35.2 Å². The predicted molar refractivity (Wildman–Crippen MR) is 124 cm³/mol. The van der Waals surface area contributed by atoms with Gasteiger partial charge >= 0.3 is 5.97 Å². The summed E-state index contributed by atoms with van der Waals surface area (Å²) in [6.45, 7) is 6.38. The van der Waals surface area contributed by atoms with Crippen molar-refractivity contribution in [3.05, 3.63) is 94.3 Å². The normalized spacial score (nSPS) is 11.4. The Bertz CT molecular complexity index is 1350. The number of hydrogen-bond acceptors (Lipinski definition) is 5. The van der Waals surface area contributed by atoms with Crippen LogP contribution in [0.5, 0.6) is 5.75 Å². The third-order valence-corrected chi connectivity index (χ3v) is 5.25. The van der Waals surface area contributed by atoms with Crippen molar-refractivity contribution in [2.24, 2.45) is 0 Å². The molecule has 0 fully saturated rings. The highest BCUT2D eigenvalue weighted by Gasteiger charge is 2.21. The van der Waals surface area contributed by atoms with E-state index >= 15 is 0 Å². The SMILES string of the molecule is COc1ccccc1C(=O)On1c(-c2ccc(C(C)(C)C)cc2)nc2ccccc2c1=O. The number of carbonyl (C=O) groups is 1. The number of nitrogens with zero attached hydrogens (tertiary/aromatic N) is 2. The number of benzene rings is 3. The Morgan fingerprint density at radius 3 is 2.25 bits per heavy atom. The third kappa shape index (κ3) is 3.99. The van der Waals surface area contributed by atoms with Gasteiger partial charge in [-0.25, -0.2) is 9.78 Å². The fraction of sp³-hybridized carbons (Fsp3) is 0.192. The first kappa shape index (κ1) is 21.3.